The van der Waals surface area contributed by atoms with Crippen LogP contribution in [0.5, 0.6) is 0 Å². The van der Waals surface area contributed by atoms with Crippen LogP contribution >= 0.6 is 11.6 Å². The number of likely N-dealkylation sites (tertiary alicyclic amines) is 2. The van der Waals surface area contributed by atoms with E-state index in [9.17, 15) is 9.59 Å². The van der Waals surface area contributed by atoms with Gasteiger partial charge >= 0.3 is 0 Å². The molecule has 2 bridgehead atoms. The maximum absolute atomic E-state index is 13.5. The van der Waals surface area contributed by atoms with Gasteiger partial charge in [0.25, 0.3) is 0 Å². The third-order valence-corrected chi connectivity index (χ3v) is 6.72. The first kappa shape index (κ1) is 18.8. The van der Waals surface area contributed by atoms with Gasteiger partial charge in [0.2, 0.25) is 11.8 Å². The Hall–Kier alpha value is -1.59. The first-order chi connectivity index (χ1) is 13.0. The van der Waals surface area contributed by atoms with Crippen LogP contribution in [0, 0.1) is 17.3 Å². The summed E-state index contributed by atoms with van der Waals surface area (Å²) in [5.74, 6) is 1.41. The number of carbonyl (C=O) groups is 2. The fourth-order valence-corrected chi connectivity index (χ4v) is 5.27. The SMILES string of the molecule is O=C(CCO)N1CC(Cc2ccc(Cl)cc2)(C(=O)N2C[C@@H]3CC[C@@H](C3)C2)C1. The van der Waals surface area contributed by atoms with Crippen molar-refractivity contribution in [2.75, 3.05) is 32.8 Å². The van der Waals surface area contributed by atoms with Crippen LogP contribution in [-0.4, -0.2) is 59.5 Å². The smallest absolute Gasteiger partial charge is 0.232 e. The molecule has 3 aliphatic rings. The number of rotatable bonds is 5. The summed E-state index contributed by atoms with van der Waals surface area (Å²) in [7, 11) is 0. The molecule has 0 radical (unpaired) electrons. The monoisotopic (exact) mass is 390 g/mol. The van der Waals surface area contributed by atoms with Gasteiger partial charge in [0.05, 0.1) is 12.0 Å². The highest BCUT2D eigenvalue weighted by atomic mass is 35.5. The summed E-state index contributed by atoms with van der Waals surface area (Å²) >= 11 is 6.00. The minimum Gasteiger partial charge on any atom is -0.396 e. The Kier molecular flexibility index (Phi) is 5.17. The number of carbonyl (C=O) groups excluding carboxylic acids is 2. The fraction of sp³-hybridized carbons (Fsp3) is 0.619. The second-order valence-corrected chi connectivity index (χ2v) is 9.00. The molecule has 2 aliphatic heterocycles. The predicted octanol–water partition coefficient (Wildman–Crippen LogP) is 2.35. The molecule has 1 aromatic rings. The van der Waals surface area contributed by atoms with Crippen molar-refractivity contribution in [3.8, 4) is 0 Å². The number of nitrogens with zero attached hydrogens (tertiary/aromatic N) is 2. The molecule has 146 valence electrons. The molecule has 2 atom stereocenters. The number of hydrogen-bond donors (Lipinski definition) is 1. The number of piperidine rings is 1. The molecule has 0 aromatic heterocycles. The summed E-state index contributed by atoms with van der Waals surface area (Å²) in [6, 6.07) is 7.64. The van der Waals surface area contributed by atoms with Crippen molar-refractivity contribution in [1.82, 2.24) is 9.80 Å². The van der Waals surface area contributed by atoms with Crippen LogP contribution in [-0.2, 0) is 16.0 Å². The lowest BCUT2D eigenvalue weighted by molar-refractivity contribution is -0.162. The minimum atomic E-state index is -0.546. The molecular formula is C21H27ClN2O3. The highest BCUT2D eigenvalue weighted by Gasteiger charge is 2.53. The largest absolute Gasteiger partial charge is 0.396 e. The standard InChI is InChI=1S/C21H27ClN2O3/c22-18-5-3-15(4-6-18)10-21(13-24(14-21)19(26)7-8-25)20(27)23-11-16-1-2-17(9-16)12-23/h3-6,16-17,25H,1-2,7-14H2/t16-,17+. The topological polar surface area (TPSA) is 60.9 Å². The Balaban J connectivity index is 1.52. The Bertz CT molecular complexity index is 703. The molecule has 2 amide bonds. The van der Waals surface area contributed by atoms with Crippen LogP contribution in [0.25, 0.3) is 0 Å². The summed E-state index contributed by atoms with van der Waals surface area (Å²) in [4.78, 5) is 29.5. The molecule has 27 heavy (non-hydrogen) atoms. The summed E-state index contributed by atoms with van der Waals surface area (Å²) in [5, 5.41) is 9.72. The van der Waals surface area contributed by atoms with Crippen molar-refractivity contribution in [1.29, 1.82) is 0 Å². The van der Waals surface area contributed by atoms with E-state index >= 15 is 0 Å². The van der Waals surface area contributed by atoms with Gasteiger partial charge in [-0.25, -0.2) is 0 Å². The molecule has 0 unspecified atom stereocenters. The quantitative estimate of drug-likeness (QED) is 0.839. The van der Waals surface area contributed by atoms with E-state index in [1.807, 2.05) is 24.3 Å². The van der Waals surface area contributed by atoms with Gasteiger partial charge < -0.3 is 14.9 Å². The first-order valence-corrected chi connectivity index (χ1v) is 10.3. The van der Waals surface area contributed by atoms with E-state index in [4.69, 9.17) is 16.7 Å². The van der Waals surface area contributed by atoms with Crippen LogP contribution in [0.1, 0.15) is 31.2 Å². The maximum atomic E-state index is 13.5. The van der Waals surface area contributed by atoms with E-state index in [-0.39, 0.29) is 24.8 Å². The third kappa shape index (κ3) is 3.72. The van der Waals surface area contributed by atoms with Gasteiger partial charge in [0.15, 0.2) is 0 Å². The zero-order valence-corrected chi connectivity index (χ0v) is 16.3. The van der Waals surface area contributed by atoms with Crippen molar-refractivity contribution in [3.63, 3.8) is 0 Å². The lowest BCUT2D eigenvalue weighted by Gasteiger charge is -2.51. The van der Waals surface area contributed by atoms with Crippen molar-refractivity contribution in [3.05, 3.63) is 34.9 Å². The number of aliphatic hydroxyl groups excluding tert-OH is 1. The molecule has 1 saturated carbocycles. The normalized spacial score (nSPS) is 26.0. The van der Waals surface area contributed by atoms with Gasteiger partial charge in [0, 0.05) is 37.6 Å². The second-order valence-electron chi connectivity index (χ2n) is 8.56. The highest BCUT2D eigenvalue weighted by Crippen LogP contribution is 2.41. The van der Waals surface area contributed by atoms with Gasteiger partial charge in [0.1, 0.15) is 0 Å². The predicted molar refractivity (Wildman–Crippen MR) is 103 cm³/mol. The minimum absolute atomic E-state index is 0.0734. The Morgan fingerprint density at radius 1 is 1.07 bits per heavy atom. The van der Waals surface area contributed by atoms with Crippen molar-refractivity contribution >= 4 is 23.4 Å². The van der Waals surface area contributed by atoms with Gasteiger partial charge in [-0.3, -0.25) is 9.59 Å². The lowest BCUT2D eigenvalue weighted by atomic mass is 9.72. The molecule has 2 heterocycles. The zero-order chi connectivity index (χ0) is 19.0. The number of halogens is 1. The maximum Gasteiger partial charge on any atom is 0.232 e. The fourth-order valence-electron chi connectivity index (χ4n) is 5.14. The molecule has 5 nitrogen and oxygen atoms in total. The number of benzene rings is 1. The van der Waals surface area contributed by atoms with Crippen molar-refractivity contribution in [2.24, 2.45) is 17.3 Å². The molecule has 1 N–H and O–H groups in total. The van der Waals surface area contributed by atoms with E-state index in [2.05, 4.69) is 4.90 Å². The summed E-state index contributed by atoms with van der Waals surface area (Å²) < 4.78 is 0. The van der Waals surface area contributed by atoms with E-state index < -0.39 is 5.41 Å². The average molecular weight is 391 g/mol. The molecule has 1 aromatic carbocycles. The van der Waals surface area contributed by atoms with Gasteiger partial charge in [-0.15, -0.1) is 0 Å². The van der Waals surface area contributed by atoms with Gasteiger partial charge in [-0.1, -0.05) is 23.7 Å². The average Bonchev–Trinajstić information content (AvgIpc) is 2.97. The Labute approximate surface area is 165 Å². The third-order valence-electron chi connectivity index (χ3n) is 6.47. The highest BCUT2D eigenvalue weighted by molar-refractivity contribution is 6.30. The van der Waals surface area contributed by atoms with Crippen LogP contribution in [0.15, 0.2) is 24.3 Å². The zero-order valence-electron chi connectivity index (χ0n) is 15.6. The Morgan fingerprint density at radius 2 is 1.70 bits per heavy atom. The van der Waals surface area contributed by atoms with E-state index in [0.29, 0.717) is 36.4 Å². The van der Waals surface area contributed by atoms with Gasteiger partial charge in [-0.05, 0) is 55.2 Å². The molecular weight excluding hydrogens is 364 g/mol. The molecule has 4 rings (SSSR count). The summed E-state index contributed by atoms with van der Waals surface area (Å²) in [5.41, 5.74) is 0.525. The Morgan fingerprint density at radius 3 is 2.30 bits per heavy atom. The number of hydrogen-bond acceptors (Lipinski definition) is 3. The molecule has 1 aliphatic carbocycles. The molecule has 3 fully saturated rings. The molecule has 0 spiro atoms. The van der Waals surface area contributed by atoms with Crippen molar-refractivity contribution < 1.29 is 14.7 Å². The van der Waals surface area contributed by atoms with Crippen molar-refractivity contribution in [2.45, 2.75) is 32.1 Å². The molecule has 6 heteroatoms. The lowest BCUT2D eigenvalue weighted by Crippen LogP contribution is -2.66. The van der Waals surface area contributed by atoms with E-state index in [1.165, 1.54) is 19.3 Å². The van der Waals surface area contributed by atoms with E-state index in [0.717, 1.165) is 18.7 Å². The summed E-state index contributed by atoms with van der Waals surface area (Å²) in [6.07, 6.45) is 4.48. The summed E-state index contributed by atoms with van der Waals surface area (Å²) in [6.45, 7) is 2.46. The van der Waals surface area contributed by atoms with Crippen LogP contribution in [0.2, 0.25) is 5.02 Å². The second kappa shape index (κ2) is 7.44. The van der Waals surface area contributed by atoms with Gasteiger partial charge in [-0.2, -0.15) is 0 Å². The van der Waals surface area contributed by atoms with Crippen LogP contribution in [0.3, 0.4) is 0 Å². The number of aliphatic hydroxyl groups is 1. The number of amides is 2. The first-order valence-electron chi connectivity index (χ1n) is 9.91. The van der Waals surface area contributed by atoms with Crippen LogP contribution < -0.4 is 0 Å². The van der Waals surface area contributed by atoms with E-state index in [1.54, 1.807) is 4.90 Å². The number of fused-ring (bicyclic) bond motifs is 2. The molecule has 2 saturated heterocycles. The van der Waals surface area contributed by atoms with Crippen LogP contribution in [0.4, 0.5) is 0 Å².